The van der Waals surface area contributed by atoms with Gasteiger partial charge < -0.3 is 9.84 Å². The molecule has 11 heavy (non-hydrogen) atoms. The van der Waals surface area contributed by atoms with Crippen molar-refractivity contribution in [1.82, 2.24) is 4.90 Å². The second-order valence-corrected chi connectivity index (χ2v) is 3.33. The summed E-state index contributed by atoms with van der Waals surface area (Å²) in [6, 6.07) is 0. The number of ether oxygens (including phenoxy) is 1. The van der Waals surface area contributed by atoms with Gasteiger partial charge in [-0.15, -0.1) is 0 Å². The molecule has 0 amide bonds. The topological polar surface area (TPSA) is 49.8 Å². The monoisotopic (exact) mass is 157 g/mol. The van der Waals surface area contributed by atoms with Gasteiger partial charge in [-0.2, -0.15) is 0 Å². The summed E-state index contributed by atoms with van der Waals surface area (Å²) in [5.41, 5.74) is -0.341. The SMILES string of the molecule is O=C(O)OC12CCN(CC1)C2. The molecule has 2 saturated heterocycles. The molecule has 2 bridgehead atoms. The van der Waals surface area contributed by atoms with Crippen LogP contribution in [-0.4, -0.2) is 41.4 Å². The van der Waals surface area contributed by atoms with Crippen LogP contribution < -0.4 is 0 Å². The van der Waals surface area contributed by atoms with Crippen molar-refractivity contribution in [3.8, 4) is 0 Å². The van der Waals surface area contributed by atoms with Crippen LogP contribution >= 0.6 is 0 Å². The van der Waals surface area contributed by atoms with E-state index in [2.05, 4.69) is 4.90 Å². The van der Waals surface area contributed by atoms with Crippen molar-refractivity contribution in [1.29, 1.82) is 0 Å². The van der Waals surface area contributed by atoms with E-state index in [4.69, 9.17) is 9.84 Å². The van der Waals surface area contributed by atoms with Crippen LogP contribution in [0.3, 0.4) is 0 Å². The molecule has 62 valence electrons. The van der Waals surface area contributed by atoms with Crippen LogP contribution in [0.4, 0.5) is 4.79 Å². The number of fused-ring (bicyclic) bond motifs is 2. The highest BCUT2D eigenvalue weighted by molar-refractivity contribution is 5.57. The van der Waals surface area contributed by atoms with E-state index in [1.807, 2.05) is 0 Å². The van der Waals surface area contributed by atoms with Gasteiger partial charge in [0.25, 0.3) is 0 Å². The van der Waals surface area contributed by atoms with Crippen LogP contribution in [-0.2, 0) is 4.74 Å². The first kappa shape index (κ1) is 6.91. The maximum absolute atomic E-state index is 10.3. The average Bonchev–Trinajstić information content (AvgIpc) is 2.43. The molecule has 4 nitrogen and oxygen atoms in total. The summed E-state index contributed by atoms with van der Waals surface area (Å²) in [5.74, 6) is 0. The first-order valence-electron chi connectivity index (χ1n) is 3.85. The van der Waals surface area contributed by atoms with Gasteiger partial charge in [-0.05, 0) is 0 Å². The number of piperidine rings is 1. The van der Waals surface area contributed by atoms with Crippen molar-refractivity contribution in [2.75, 3.05) is 19.6 Å². The Bertz CT molecular complexity index is 184. The van der Waals surface area contributed by atoms with E-state index in [9.17, 15) is 4.79 Å². The highest BCUT2D eigenvalue weighted by Gasteiger charge is 2.46. The first-order valence-corrected chi connectivity index (χ1v) is 3.85. The van der Waals surface area contributed by atoms with Crippen LogP contribution in [0.1, 0.15) is 12.8 Å². The Balaban J connectivity index is 2.05. The highest BCUT2D eigenvalue weighted by atomic mass is 16.7. The van der Waals surface area contributed by atoms with Crippen molar-refractivity contribution >= 4 is 6.16 Å². The number of hydrogen-bond acceptors (Lipinski definition) is 3. The van der Waals surface area contributed by atoms with E-state index in [0.717, 1.165) is 32.5 Å². The summed E-state index contributed by atoms with van der Waals surface area (Å²) in [6.07, 6.45) is 0.618. The Morgan fingerprint density at radius 2 is 2.09 bits per heavy atom. The van der Waals surface area contributed by atoms with Crippen LogP contribution in [0.25, 0.3) is 0 Å². The van der Waals surface area contributed by atoms with Gasteiger partial charge >= 0.3 is 6.16 Å². The average molecular weight is 157 g/mol. The predicted octanol–water partition coefficient (Wildman–Crippen LogP) is 0.529. The molecule has 0 aromatic carbocycles. The summed E-state index contributed by atoms with van der Waals surface area (Å²) >= 11 is 0. The molecular formula is C7H11NO3. The molecule has 2 aliphatic rings. The Kier molecular flexibility index (Phi) is 1.32. The molecule has 0 radical (unpaired) electrons. The lowest BCUT2D eigenvalue weighted by Gasteiger charge is -2.23. The fourth-order valence-electron chi connectivity index (χ4n) is 2.00. The lowest BCUT2D eigenvalue weighted by Crippen LogP contribution is -2.33. The molecule has 0 aliphatic carbocycles. The van der Waals surface area contributed by atoms with E-state index < -0.39 is 6.16 Å². The number of carbonyl (C=O) groups is 1. The van der Waals surface area contributed by atoms with E-state index >= 15 is 0 Å². The molecule has 0 aromatic rings. The van der Waals surface area contributed by atoms with E-state index in [-0.39, 0.29) is 5.60 Å². The van der Waals surface area contributed by atoms with E-state index in [1.165, 1.54) is 0 Å². The molecular weight excluding hydrogens is 146 g/mol. The van der Waals surface area contributed by atoms with Gasteiger partial charge in [0, 0.05) is 32.5 Å². The van der Waals surface area contributed by atoms with Crippen molar-refractivity contribution in [2.24, 2.45) is 0 Å². The first-order chi connectivity index (χ1) is 5.20. The smallest absolute Gasteiger partial charge is 0.450 e. The largest absolute Gasteiger partial charge is 0.506 e. The fraction of sp³-hybridized carbons (Fsp3) is 0.857. The quantitative estimate of drug-likeness (QED) is 0.564. The molecule has 0 spiro atoms. The van der Waals surface area contributed by atoms with Crippen LogP contribution in [0, 0.1) is 0 Å². The third kappa shape index (κ3) is 1.07. The lowest BCUT2D eigenvalue weighted by molar-refractivity contribution is -0.00262. The van der Waals surface area contributed by atoms with E-state index in [1.54, 1.807) is 0 Å². The minimum absolute atomic E-state index is 0.341. The van der Waals surface area contributed by atoms with Gasteiger partial charge in [-0.1, -0.05) is 0 Å². The zero-order valence-electron chi connectivity index (χ0n) is 6.25. The van der Waals surface area contributed by atoms with Gasteiger partial charge in [-0.25, -0.2) is 4.79 Å². The normalized spacial score (nSPS) is 40.9. The molecule has 4 heteroatoms. The van der Waals surface area contributed by atoms with Gasteiger partial charge in [0.05, 0.1) is 0 Å². The molecule has 2 fully saturated rings. The van der Waals surface area contributed by atoms with Gasteiger partial charge in [0.15, 0.2) is 0 Å². The standard InChI is InChI=1S/C7H11NO3/c9-6(10)11-7-1-3-8(5-7)4-2-7/h1-5H2,(H,9,10). The van der Waals surface area contributed by atoms with Gasteiger partial charge in [-0.3, -0.25) is 4.90 Å². The molecule has 0 aromatic heterocycles. The zero-order chi connectivity index (χ0) is 7.90. The van der Waals surface area contributed by atoms with Crippen molar-refractivity contribution in [2.45, 2.75) is 18.4 Å². The molecule has 2 heterocycles. The highest BCUT2D eigenvalue weighted by Crippen LogP contribution is 2.35. The number of rotatable bonds is 1. The van der Waals surface area contributed by atoms with Crippen molar-refractivity contribution in [3.63, 3.8) is 0 Å². The minimum atomic E-state index is -1.13. The third-order valence-electron chi connectivity index (χ3n) is 2.58. The lowest BCUT2D eigenvalue weighted by atomic mass is 10.00. The van der Waals surface area contributed by atoms with Gasteiger partial charge in [0.1, 0.15) is 5.60 Å². The van der Waals surface area contributed by atoms with Crippen LogP contribution in [0.2, 0.25) is 0 Å². The summed E-state index contributed by atoms with van der Waals surface area (Å²) in [5, 5.41) is 8.45. The second kappa shape index (κ2) is 2.11. The molecule has 0 atom stereocenters. The fourth-order valence-corrected chi connectivity index (χ4v) is 2.00. The minimum Gasteiger partial charge on any atom is -0.450 e. The van der Waals surface area contributed by atoms with E-state index in [0.29, 0.717) is 0 Å². The second-order valence-electron chi connectivity index (χ2n) is 3.33. The molecule has 0 saturated carbocycles. The zero-order valence-corrected chi connectivity index (χ0v) is 6.25. The Labute approximate surface area is 64.7 Å². The van der Waals surface area contributed by atoms with Crippen LogP contribution in [0.5, 0.6) is 0 Å². The van der Waals surface area contributed by atoms with Crippen molar-refractivity contribution in [3.05, 3.63) is 0 Å². The maximum atomic E-state index is 10.3. The van der Waals surface area contributed by atoms with Gasteiger partial charge in [0.2, 0.25) is 0 Å². The molecule has 1 N–H and O–H groups in total. The summed E-state index contributed by atoms with van der Waals surface area (Å²) in [4.78, 5) is 12.5. The number of carboxylic acid groups (broad SMARTS) is 1. The van der Waals surface area contributed by atoms with Crippen molar-refractivity contribution < 1.29 is 14.6 Å². The predicted molar refractivity (Wildman–Crippen MR) is 37.5 cm³/mol. The third-order valence-corrected chi connectivity index (χ3v) is 2.58. The number of hydrogen-bond donors (Lipinski definition) is 1. The summed E-state index contributed by atoms with van der Waals surface area (Å²) in [6.45, 7) is 2.79. The molecule has 2 rings (SSSR count). The Morgan fingerprint density at radius 1 is 1.45 bits per heavy atom. The Morgan fingerprint density at radius 3 is 2.45 bits per heavy atom. The van der Waals surface area contributed by atoms with Crippen LogP contribution in [0.15, 0.2) is 0 Å². The summed E-state index contributed by atoms with van der Waals surface area (Å²) in [7, 11) is 0. The Hall–Kier alpha value is -0.770. The molecule has 0 unspecified atom stereocenters. The molecule has 2 aliphatic heterocycles. The summed E-state index contributed by atoms with van der Waals surface area (Å²) < 4.78 is 4.86. The maximum Gasteiger partial charge on any atom is 0.506 e. The number of nitrogens with zero attached hydrogens (tertiary/aromatic N) is 1.